The number of carbonyl (C=O) groups excluding carboxylic acids is 2. The van der Waals surface area contributed by atoms with Gasteiger partial charge in [-0.2, -0.15) is 0 Å². The van der Waals surface area contributed by atoms with Crippen molar-refractivity contribution in [2.75, 3.05) is 20.2 Å². The number of amides is 2. The molecule has 1 N–H and O–H groups in total. The van der Waals surface area contributed by atoms with E-state index in [1.807, 2.05) is 11.0 Å². The second kappa shape index (κ2) is 7.82. The average molecular weight is 304 g/mol. The van der Waals surface area contributed by atoms with Crippen LogP contribution in [-0.4, -0.2) is 37.1 Å². The third-order valence-electron chi connectivity index (χ3n) is 4.05. The maximum Gasteiger partial charge on any atom is 0.325 e. The fourth-order valence-corrected chi connectivity index (χ4v) is 2.90. The predicted molar refractivity (Wildman–Crippen MR) is 84.5 cm³/mol. The van der Waals surface area contributed by atoms with E-state index in [1.54, 1.807) is 0 Å². The van der Waals surface area contributed by atoms with Crippen LogP contribution >= 0.6 is 0 Å². The van der Waals surface area contributed by atoms with Crippen molar-refractivity contribution in [1.82, 2.24) is 10.2 Å². The van der Waals surface area contributed by atoms with E-state index in [4.69, 9.17) is 0 Å². The Labute approximate surface area is 131 Å². The van der Waals surface area contributed by atoms with Gasteiger partial charge in [0.25, 0.3) is 0 Å². The molecular weight excluding hydrogens is 280 g/mol. The largest absolute Gasteiger partial charge is 0.468 e. The van der Waals surface area contributed by atoms with E-state index < -0.39 is 5.97 Å². The fraction of sp³-hybridized carbons (Fsp3) is 0.529. The first-order chi connectivity index (χ1) is 10.6. The molecule has 0 unspecified atom stereocenters. The summed E-state index contributed by atoms with van der Waals surface area (Å²) in [4.78, 5) is 25.5. The summed E-state index contributed by atoms with van der Waals surface area (Å²) in [5.74, 6) is -0.435. The van der Waals surface area contributed by atoms with Crippen LogP contribution in [0.3, 0.4) is 0 Å². The fourth-order valence-electron chi connectivity index (χ4n) is 2.90. The van der Waals surface area contributed by atoms with Crippen LogP contribution in [0.5, 0.6) is 0 Å². The Bertz CT molecular complexity index is 530. The van der Waals surface area contributed by atoms with Gasteiger partial charge in [0.2, 0.25) is 0 Å². The van der Waals surface area contributed by atoms with Gasteiger partial charge in [-0.05, 0) is 25.3 Å². The SMILES string of the molecule is COC(=O)CNC(=O)N1CCCCC[C@@H]1c1cccc(C)c1. The summed E-state index contributed by atoms with van der Waals surface area (Å²) in [6.07, 6.45) is 4.19. The van der Waals surface area contributed by atoms with E-state index >= 15 is 0 Å². The highest BCUT2D eigenvalue weighted by Crippen LogP contribution is 2.30. The molecule has 0 saturated carbocycles. The number of hydrogen-bond donors (Lipinski definition) is 1. The molecule has 5 heteroatoms. The van der Waals surface area contributed by atoms with Crippen LogP contribution in [0, 0.1) is 6.92 Å². The Morgan fingerprint density at radius 1 is 1.32 bits per heavy atom. The zero-order chi connectivity index (χ0) is 15.9. The zero-order valence-corrected chi connectivity index (χ0v) is 13.3. The highest BCUT2D eigenvalue weighted by molar-refractivity contribution is 5.81. The number of hydrogen-bond acceptors (Lipinski definition) is 3. The first kappa shape index (κ1) is 16.3. The number of carbonyl (C=O) groups is 2. The average Bonchev–Trinajstić information content (AvgIpc) is 2.78. The molecule has 0 spiro atoms. The van der Waals surface area contributed by atoms with E-state index in [-0.39, 0.29) is 18.6 Å². The van der Waals surface area contributed by atoms with Crippen molar-refractivity contribution in [3.05, 3.63) is 35.4 Å². The van der Waals surface area contributed by atoms with Crippen LogP contribution in [0.1, 0.15) is 42.9 Å². The van der Waals surface area contributed by atoms with Crippen LogP contribution in [0.2, 0.25) is 0 Å². The lowest BCUT2D eigenvalue weighted by molar-refractivity contribution is -0.139. The number of rotatable bonds is 3. The molecule has 2 rings (SSSR count). The lowest BCUT2D eigenvalue weighted by Gasteiger charge is -2.30. The van der Waals surface area contributed by atoms with Crippen LogP contribution in [0.4, 0.5) is 4.79 Å². The third kappa shape index (κ3) is 4.23. The maximum absolute atomic E-state index is 12.4. The molecular formula is C17H24N2O3. The molecule has 1 aromatic carbocycles. The second-order valence-electron chi connectivity index (χ2n) is 5.71. The van der Waals surface area contributed by atoms with Gasteiger partial charge in [-0.25, -0.2) is 4.79 Å². The number of ether oxygens (including phenoxy) is 1. The van der Waals surface area contributed by atoms with E-state index in [0.29, 0.717) is 6.54 Å². The summed E-state index contributed by atoms with van der Waals surface area (Å²) in [5.41, 5.74) is 2.35. The second-order valence-corrected chi connectivity index (χ2v) is 5.71. The van der Waals surface area contributed by atoms with E-state index in [9.17, 15) is 9.59 Å². The molecule has 0 aliphatic carbocycles. The van der Waals surface area contributed by atoms with Crippen LogP contribution < -0.4 is 5.32 Å². The molecule has 0 radical (unpaired) electrons. The molecule has 1 fully saturated rings. The van der Waals surface area contributed by atoms with Gasteiger partial charge in [0.15, 0.2) is 0 Å². The number of nitrogens with one attached hydrogen (secondary N) is 1. The summed E-state index contributed by atoms with van der Waals surface area (Å²) in [7, 11) is 1.32. The van der Waals surface area contributed by atoms with Crippen molar-refractivity contribution in [2.24, 2.45) is 0 Å². The molecule has 1 aromatic rings. The first-order valence-corrected chi connectivity index (χ1v) is 7.79. The van der Waals surface area contributed by atoms with Crippen molar-refractivity contribution in [1.29, 1.82) is 0 Å². The van der Waals surface area contributed by atoms with Gasteiger partial charge < -0.3 is 15.0 Å². The van der Waals surface area contributed by atoms with Crippen LogP contribution in [0.15, 0.2) is 24.3 Å². The molecule has 1 atom stereocenters. The molecule has 1 aliphatic rings. The number of likely N-dealkylation sites (tertiary alicyclic amines) is 1. The van der Waals surface area contributed by atoms with Gasteiger partial charge >= 0.3 is 12.0 Å². The van der Waals surface area contributed by atoms with Gasteiger partial charge in [-0.3, -0.25) is 4.79 Å². The van der Waals surface area contributed by atoms with Gasteiger partial charge in [-0.1, -0.05) is 42.7 Å². The number of aryl methyl sites for hydroxylation is 1. The number of benzene rings is 1. The summed E-state index contributed by atoms with van der Waals surface area (Å²) >= 11 is 0. The van der Waals surface area contributed by atoms with E-state index in [0.717, 1.165) is 31.2 Å². The van der Waals surface area contributed by atoms with Gasteiger partial charge in [-0.15, -0.1) is 0 Å². The quantitative estimate of drug-likeness (QED) is 0.874. The Kier molecular flexibility index (Phi) is 5.81. The molecule has 1 aliphatic heterocycles. The lowest BCUT2D eigenvalue weighted by atomic mass is 9.99. The molecule has 0 aromatic heterocycles. The summed E-state index contributed by atoms with van der Waals surface area (Å²) < 4.78 is 4.57. The summed E-state index contributed by atoms with van der Waals surface area (Å²) in [6.45, 7) is 2.68. The molecule has 0 bridgehead atoms. The number of esters is 1. The molecule has 1 saturated heterocycles. The minimum atomic E-state index is -0.435. The highest BCUT2D eigenvalue weighted by Gasteiger charge is 2.27. The number of nitrogens with zero attached hydrogens (tertiary/aromatic N) is 1. The zero-order valence-electron chi connectivity index (χ0n) is 13.3. The number of methoxy groups -OCH3 is 1. The predicted octanol–water partition coefficient (Wildman–Crippen LogP) is 2.79. The van der Waals surface area contributed by atoms with Gasteiger partial charge in [0.1, 0.15) is 6.54 Å². The number of urea groups is 1. The van der Waals surface area contributed by atoms with Gasteiger partial charge in [0.05, 0.1) is 13.2 Å². The van der Waals surface area contributed by atoms with Crippen LogP contribution in [0.25, 0.3) is 0 Å². The normalized spacial score (nSPS) is 18.5. The van der Waals surface area contributed by atoms with Crippen molar-refractivity contribution >= 4 is 12.0 Å². The highest BCUT2D eigenvalue weighted by atomic mass is 16.5. The molecule has 2 amide bonds. The standard InChI is InChI=1S/C17H24N2O3/c1-13-7-6-8-14(11-13)15-9-4-3-5-10-19(15)17(21)18-12-16(20)22-2/h6-8,11,15H,3-5,9-10,12H2,1-2H3,(H,18,21)/t15-/m1/s1. The van der Waals surface area contributed by atoms with Crippen molar-refractivity contribution in [3.8, 4) is 0 Å². The lowest BCUT2D eigenvalue weighted by Crippen LogP contribution is -2.44. The Morgan fingerprint density at radius 3 is 2.86 bits per heavy atom. The molecule has 5 nitrogen and oxygen atoms in total. The Hall–Kier alpha value is -2.04. The Morgan fingerprint density at radius 2 is 2.14 bits per heavy atom. The van der Waals surface area contributed by atoms with Crippen LogP contribution in [-0.2, 0) is 9.53 Å². The maximum atomic E-state index is 12.4. The Balaban J connectivity index is 2.13. The summed E-state index contributed by atoms with van der Waals surface area (Å²) in [5, 5.41) is 2.66. The first-order valence-electron chi connectivity index (χ1n) is 7.79. The minimum absolute atomic E-state index is 0.0695. The van der Waals surface area contributed by atoms with Crippen molar-refractivity contribution < 1.29 is 14.3 Å². The van der Waals surface area contributed by atoms with Gasteiger partial charge in [0, 0.05) is 6.54 Å². The molecule has 120 valence electrons. The van der Waals surface area contributed by atoms with E-state index in [1.165, 1.54) is 12.7 Å². The van der Waals surface area contributed by atoms with Crippen molar-refractivity contribution in [3.63, 3.8) is 0 Å². The smallest absolute Gasteiger partial charge is 0.325 e. The monoisotopic (exact) mass is 304 g/mol. The minimum Gasteiger partial charge on any atom is -0.468 e. The topological polar surface area (TPSA) is 58.6 Å². The van der Waals surface area contributed by atoms with E-state index in [2.05, 4.69) is 35.2 Å². The molecule has 22 heavy (non-hydrogen) atoms. The van der Waals surface area contributed by atoms with Crippen molar-refractivity contribution in [2.45, 2.75) is 38.6 Å². The third-order valence-corrected chi connectivity index (χ3v) is 4.05. The molecule has 1 heterocycles. The summed E-state index contributed by atoms with van der Waals surface area (Å²) in [6, 6.07) is 8.17.